The SMILES string of the molecule is COCC1(C)NC(=O)N(Cc2cccc(-c3ccccn3)c2)C1=O. The number of carbonyl (C=O) groups excluding carboxylic acids is 2. The van der Waals surface area contributed by atoms with Crippen molar-refractivity contribution in [3.05, 3.63) is 54.2 Å². The lowest BCUT2D eigenvalue weighted by Gasteiger charge is -2.20. The fourth-order valence-corrected chi connectivity index (χ4v) is 2.82. The van der Waals surface area contributed by atoms with Crippen molar-refractivity contribution in [3.8, 4) is 11.3 Å². The van der Waals surface area contributed by atoms with Gasteiger partial charge < -0.3 is 10.1 Å². The summed E-state index contributed by atoms with van der Waals surface area (Å²) in [4.78, 5) is 30.2. The number of carbonyl (C=O) groups is 2. The number of rotatable bonds is 5. The average molecular weight is 325 g/mol. The zero-order valence-corrected chi connectivity index (χ0v) is 13.7. The lowest BCUT2D eigenvalue weighted by molar-refractivity contribution is -0.132. The maximum Gasteiger partial charge on any atom is 0.325 e. The maximum atomic E-state index is 12.5. The number of imide groups is 1. The fourth-order valence-electron chi connectivity index (χ4n) is 2.82. The molecule has 0 aliphatic carbocycles. The summed E-state index contributed by atoms with van der Waals surface area (Å²) < 4.78 is 5.05. The smallest absolute Gasteiger partial charge is 0.325 e. The van der Waals surface area contributed by atoms with Crippen molar-refractivity contribution in [2.45, 2.75) is 19.0 Å². The van der Waals surface area contributed by atoms with E-state index in [0.717, 1.165) is 16.8 Å². The number of urea groups is 1. The highest BCUT2D eigenvalue weighted by Crippen LogP contribution is 2.23. The Bertz CT molecular complexity index is 763. The Hall–Kier alpha value is -2.73. The maximum absolute atomic E-state index is 12.5. The van der Waals surface area contributed by atoms with Crippen LogP contribution in [0.1, 0.15) is 12.5 Å². The molecule has 0 spiro atoms. The van der Waals surface area contributed by atoms with Crippen LogP contribution < -0.4 is 5.32 Å². The molecular formula is C18H19N3O3. The quantitative estimate of drug-likeness (QED) is 0.856. The molecule has 1 aliphatic heterocycles. The van der Waals surface area contributed by atoms with Crippen LogP contribution in [0.4, 0.5) is 4.79 Å². The number of nitrogens with one attached hydrogen (secondary N) is 1. The molecule has 0 saturated carbocycles. The third-order valence-corrected chi connectivity index (χ3v) is 4.01. The van der Waals surface area contributed by atoms with Gasteiger partial charge in [0.2, 0.25) is 0 Å². The lowest BCUT2D eigenvalue weighted by atomic mass is 10.0. The zero-order valence-electron chi connectivity index (χ0n) is 13.7. The molecule has 2 heterocycles. The predicted molar refractivity (Wildman–Crippen MR) is 89.0 cm³/mol. The first-order valence-electron chi connectivity index (χ1n) is 7.67. The predicted octanol–water partition coefficient (Wildman–Crippen LogP) is 2.21. The molecule has 1 aromatic heterocycles. The van der Waals surface area contributed by atoms with E-state index in [0.29, 0.717) is 0 Å². The minimum absolute atomic E-state index is 0.141. The topological polar surface area (TPSA) is 71.5 Å². The van der Waals surface area contributed by atoms with Crippen LogP contribution in [0.15, 0.2) is 48.7 Å². The van der Waals surface area contributed by atoms with Gasteiger partial charge in [0.05, 0.1) is 18.8 Å². The van der Waals surface area contributed by atoms with Crippen molar-refractivity contribution in [1.82, 2.24) is 15.2 Å². The summed E-state index contributed by atoms with van der Waals surface area (Å²) >= 11 is 0. The number of methoxy groups -OCH3 is 1. The summed E-state index contributed by atoms with van der Waals surface area (Å²) in [6, 6.07) is 13.0. The summed E-state index contributed by atoms with van der Waals surface area (Å²) in [5.74, 6) is -0.280. The molecule has 6 heteroatoms. The number of hydrogen-bond donors (Lipinski definition) is 1. The molecule has 1 N–H and O–H groups in total. The normalized spacial score (nSPS) is 20.3. The Balaban J connectivity index is 1.82. The van der Waals surface area contributed by atoms with Crippen LogP contribution in [-0.4, -0.2) is 41.1 Å². The summed E-state index contributed by atoms with van der Waals surface area (Å²) in [6.45, 7) is 2.02. The van der Waals surface area contributed by atoms with Gasteiger partial charge in [-0.25, -0.2) is 4.79 Å². The van der Waals surface area contributed by atoms with Crippen molar-refractivity contribution >= 4 is 11.9 Å². The minimum Gasteiger partial charge on any atom is -0.382 e. The van der Waals surface area contributed by atoms with Crippen molar-refractivity contribution in [3.63, 3.8) is 0 Å². The van der Waals surface area contributed by atoms with Gasteiger partial charge in [0.1, 0.15) is 5.54 Å². The molecule has 1 atom stereocenters. The molecular weight excluding hydrogens is 306 g/mol. The summed E-state index contributed by atoms with van der Waals surface area (Å²) in [7, 11) is 1.50. The summed E-state index contributed by atoms with van der Waals surface area (Å²) in [6.07, 6.45) is 1.73. The van der Waals surface area contributed by atoms with Gasteiger partial charge in [-0.1, -0.05) is 24.3 Å². The molecule has 3 amide bonds. The number of aromatic nitrogens is 1. The van der Waals surface area contributed by atoms with E-state index in [-0.39, 0.29) is 19.1 Å². The molecule has 1 fully saturated rings. The Kier molecular flexibility index (Phi) is 4.31. The molecule has 3 rings (SSSR count). The standard InChI is InChI=1S/C18H19N3O3/c1-18(12-24-2)16(22)21(17(23)20-18)11-13-6-5-7-14(10-13)15-8-3-4-9-19-15/h3-10H,11-12H2,1-2H3,(H,20,23). The minimum atomic E-state index is -1.01. The van der Waals surface area contributed by atoms with Crippen LogP contribution in [0.5, 0.6) is 0 Å². The van der Waals surface area contributed by atoms with E-state index in [9.17, 15) is 9.59 Å². The molecule has 0 bridgehead atoms. The lowest BCUT2D eigenvalue weighted by Crippen LogP contribution is -2.47. The molecule has 1 aromatic carbocycles. The second-order valence-electron chi connectivity index (χ2n) is 6.00. The van der Waals surface area contributed by atoms with Gasteiger partial charge in [-0.05, 0) is 30.7 Å². The Morgan fingerprint density at radius 3 is 2.75 bits per heavy atom. The molecule has 1 unspecified atom stereocenters. The second kappa shape index (κ2) is 6.41. The number of amides is 3. The van der Waals surface area contributed by atoms with E-state index in [1.807, 2.05) is 42.5 Å². The Morgan fingerprint density at radius 1 is 1.21 bits per heavy atom. The van der Waals surface area contributed by atoms with Crippen molar-refractivity contribution < 1.29 is 14.3 Å². The van der Waals surface area contributed by atoms with Crippen molar-refractivity contribution in [2.24, 2.45) is 0 Å². The number of hydrogen-bond acceptors (Lipinski definition) is 4. The van der Waals surface area contributed by atoms with Gasteiger partial charge in [0.25, 0.3) is 5.91 Å². The van der Waals surface area contributed by atoms with Crippen LogP contribution in [0.2, 0.25) is 0 Å². The Labute approximate surface area is 140 Å². The van der Waals surface area contributed by atoms with Crippen LogP contribution in [0, 0.1) is 0 Å². The number of ether oxygens (including phenoxy) is 1. The van der Waals surface area contributed by atoms with Crippen molar-refractivity contribution in [2.75, 3.05) is 13.7 Å². The molecule has 124 valence electrons. The van der Waals surface area contributed by atoms with Crippen molar-refractivity contribution in [1.29, 1.82) is 0 Å². The fraction of sp³-hybridized carbons (Fsp3) is 0.278. The third-order valence-electron chi connectivity index (χ3n) is 4.01. The summed E-state index contributed by atoms with van der Waals surface area (Å²) in [5.41, 5.74) is 1.65. The van der Waals surface area contributed by atoms with Crippen LogP contribution in [0.25, 0.3) is 11.3 Å². The average Bonchev–Trinajstić information content (AvgIpc) is 2.79. The highest BCUT2D eigenvalue weighted by molar-refractivity contribution is 6.06. The van der Waals surface area contributed by atoms with Gasteiger partial charge in [-0.15, -0.1) is 0 Å². The number of benzene rings is 1. The molecule has 24 heavy (non-hydrogen) atoms. The first-order chi connectivity index (χ1) is 11.5. The molecule has 1 saturated heterocycles. The van der Waals surface area contributed by atoms with E-state index >= 15 is 0 Å². The first kappa shape index (κ1) is 16.1. The largest absolute Gasteiger partial charge is 0.382 e. The van der Waals surface area contributed by atoms with E-state index < -0.39 is 11.6 Å². The third kappa shape index (κ3) is 3.00. The van der Waals surface area contributed by atoms with Gasteiger partial charge >= 0.3 is 6.03 Å². The van der Waals surface area contributed by atoms with E-state index in [1.54, 1.807) is 13.1 Å². The second-order valence-corrected chi connectivity index (χ2v) is 6.00. The molecule has 2 aromatic rings. The first-order valence-corrected chi connectivity index (χ1v) is 7.67. The van der Waals surface area contributed by atoms with Crippen LogP contribution >= 0.6 is 0 Å². The monoisotopic (exact) mass is 325 g/mol. The van der Waals surface area contributed by atoms with Crippen LogP contribution in [0.3, 0.4) is 0 Å². The highest BCUT2D eigenvalue weighted by Gasteiger charge is 2.47. The van der Waals surface area contributed by atoms with E-state index in [4.69, 9.17) is 4.74 Å². The van der Waals surface area contributed by atoms with Gasteiger partial charge in [-0.3, -0.25) is 14.7 Å². The van der Waals surface area contributed by atoms with Gasteiger partial charge in [0, 0.05) is 18.9 Å². The zero-order chi connectivity index (χ0) is 17.2. The Morgan fingerprint density at radius 2 is 2.04 bits per heavy atom. The van der Waals surface area contributed by atoms with Gasteiger partial charge in [-0.2, -0.15) is 0 Å². The van der Waals surface area contributed by atoms with Gasteiger partial charge in [0.15, 0.2) is 0 Å². The van der Waals surface area contributed by atoms with E-state index in [2.05, 4.69) is 10.3 Å². The molecule has 0 radical (unpaired) electrons. The van der Waals surface area contributed by atoms with Crippen LogP contribution in [-0.2, 0) is 16.1 Å². The highest BCUT2D eigenvalue weighted by atomic mass is 16.5. The number of nitrogens with zero attached hydrogens (tertiary/aromatic N) is 2. The number of pyridine rings is 1. The van der Waals surface area contributed by atoms with E-state index in [1.165, 1.54) is 12.0 Å². The molecule has 1 aliphatic rings. The molecule has 6 nitrogen and oxygen atoms in total. The summed E-state index contributed by atoms with van der Waals surface area (Å²) in [5, 5.41) is 2.70.